The second-order valence-corrected chi connectivity index (χ2v) is 9.37. The highest BCUT2D eigenvalue weighted by molar-refractivity contribution is 7.58. The van der Waals surface area contributed by atoms with E-state index in [0.29, 0.717) is 23.7 Å². The molecule has 0 aromatic carbocycles. The second kappa shape index (κ2) is 9.38. The van der Waals surface area contributed by atoms with Crippen LogP contribution < -0.4 is 21.0 Å². The summed E-state index contributed by atoms with van der Waals surface area (Å²) in [5, 5.41) is 10.4. The van der Waals surface area contributed by atoms with Gasteiger partial charge in [-0.05, 0) is 32.5 Å². The summed E-state index contributed by atoms with van der Waals surface area (Å²) >= 11 is 0. The smallest absolute Gasteiger partial charge is 0.328 e. The molecule has 4 N–H and O–H groups in total. The van der Waals surface area contributed by atoms with Crippen molar-refractivity contribution < 1.29 is 9.94 Å². The highest BCUT2D eigenvalue weighted by Crippen LogP contribution is 2.36. The fraction of sp³-hybridized carbons (Fsp3) is 0.444. The maximum atomic E-state index is 12.5. The van der Waals surface area contributed by atoms with Gasteiger partial charge in [0.25, 0.3) is 5.95 Å². The Kier molecular flexibility index (Phi) is 6.86. The molecule has 3 heterocycles. The lowest BCUT2D eigenvalue weighted by Crippen LogP contribution is -2.20. The molecule has 3 rings (SSSR count). The van der Waals surface area contributed by atoms with Crippen LogP contribution in [-0.2, 0) is 6.54 Å². The molecule has 0 saturated heterocycles. The highest BCUT2D eigenvalue weighted by atomic mass is 31.1. The lowest BCUT2D eigenvalue weighted by molar-refractivity contribution is 0.254. The van der Waals surface area contributed by atoms with Gasteiger partial charge in [-0.15, -0.1) is 0 Å². The molecule has 0 aliphatic carbocycles. The number of ether oxygens (including phenoxy) is 1. The zero-order chi connectivity index (χ0) is 21.8. The number of aromatic nitrogens is 5. The van der Waals surface area contributed by atoms with E-state index in [9.17, 15) is 10.0 Å². The average Bonchev–Trinajstić information content (AvgIpc) is 3.04. The summed E-state index contributed by atoms with van der Waals surface area (Å²) in [6.07, 6.45) is 2.41. The number of aromatic amines is 1. The molecule has 0 spiro atoms. The zero-order valence-electron chi connectivity index (χ0n) is 17.5. The first-order valence-electron chi connectivity index (χ1n) is 9.48. The molecule has 162 valence electrons. The van der Waals surface area contributed by atoms with Gasteiger partial charge in [0, 0.05) is 26.9 Å². The van der Waals surface area contributed by atoms with E-state index >= 15 is 0 Å². The number of nitrogens with two attached hydrogens (primary N) is 1. The Balaban J connectivity index is 1.86. The van der Waals surface area contributed by atoms with Crippen LogP contribution in [-0.4, -0.2) is 74.7 Å². The van der Waals surface area contributed by atoms with Crippen molar-refractivity contribution in [3.8, 4) is 5.88 Å². The van der Waals surface area contributed by atoms with Crippen LogP contribution in [0.4, 0.5) is 11.8 Å². The molecular weight excluding hydrogens is 407 g/mol. The third-order valence-corrected chi connectivity index (χ3v) is 6.27. The van der Waals surface area contributed by atoms with Gasteiger partial charge in [-0.25, -0.2) is 14.6 Å². The molecule has 0 aliphatic rings. The Morgan fingerprint density at radius 2 is 2.10 bits per heavy atom. The molecule has 0 saturated carbocycles. The van der Waals surface area contributed by atoms with Crippen molar-refractivity contribution in [1.82, 2.24) is 29.4 Å². The van der Waals surface area contributed by atoms with E-state index in [-0.39, 0.29) is 24.0 Å². The van der Waals surface area contributed by atoms with Crippen LogP contribution in [0.5, 0.6) is 5.88 Å². The second-order valence-electron chi connectivity index (χ2n) is 7.04. The number of imidazole rings is 1. The molecule has 0 amide bonds. The molecule has 0 radical (unpaired) electrons. The summed E-state index contributed by atoms with van der Waals surface area (Å²) in [6.45, 7) is 5.42. The van der Waals surface area contributed by atoms with E-state index in [0.717, 1.165) is 23.1 Å². The number of nitrogens with one attached hydrogen (secondary N) is 1. The van der Waals surface area contributed by atoms with Crippen molar-refractivity contribution in [3.05, 3.63) is 34.4 Å². The van der Waals surface area contributed by atoms with Crippen molar-refractivity contribution in [3.63, 3.8) is 0 Å². The first-order chi connectivity index (χ1) is 14.3. The number of fused-ring (bicyclic) bond motifs is 1. The number of pyridine rings is 1. The number of rotatable bonds is 9. The predicted octanol–water partition coefficient (Wildman–Crippen LogP) is 1.33. The number of nitrogen functional groups attached to an aromatic ring is 1. The van der Waals surface area contributed by atoms with Crippen molar-refractivity contribution in [2.45, 2.75) is 13.5 Å². The van der Waals surface area contributed by atoms with Gasteiger partial charge >= 0.3 is 5.69 Å². The number of hydrogen-bond acceptors (Lipinski definition) is 9. The van der Waals surface area contributed by atoms with Crippen molar-refractivity contribution in [2.24, 2.45) is 0 Å². The molecule has 0 aliphatic heterocycles. The Labute approximate surface area is 175 Å². The van der Waals surface area contributed by atoms with E-state index in [2.05, 4.69) is 19.9 Å². The number of anilines is 2. The molecule has 1 atom stereocenters. The summed E-state index contributed by atoms with van der Waals surface area (Å²) < 4.78 is 7.04. The maximum absolute atomic E-state index is 12.5. The van der Waals surface area contributed by atoms with Gasteiger partial charge in [-0.3, -0.25) is 9.77 Å². The Bertz CT molecular complexity index is 1050. The van der Waals surface area contributed by atoms with Gasteiger partial charge < -0.3 is 20.4 Å². The van der Waals surface area contributed by atoms with Gasteiger partial charge in [0.15, 0.2) is 11.5 Å². The summed E-state index contributed by atoms with van der Waals surface area (Å²) in [7, 11) is 3.08. The molecule has 0 bridgehead atoms. The number of nitrogens with zero attached hydrogens (tertiary/aromatic N) is 6. The van der Waals surface area contributed by atoms with Crippen LogP contribution >= 0.6 is 8.07 Å². The Hall–Kier alpha value is -2.75. The van der Waals surface area contributed by atoms with Crippen LogP contribution in [0.1, 0.15) is 12.5 Å². The van der Waals surface area contributed by atoms with E-state index in [4.69, 9.17) is 10.5 Å². The van der Waals surface area contributed by atoms with Crippen molar-refractivity contribution in [2.75, 3.05) is 50.6 Å². The topological polar surface area (TPSA) is 138 Å². The minimum absolute atomic E-state index is 0.0750. The predicted molar refractivity (Wildman–Crippen MR) is 118 cm³/mol. The van der Waals surface area contributed by atoms with Gasteiger partial charge in [0.1, 0.15) is 12.1 Å². The van der Waals surface area contributed by atoms with E-state index in [1.54, 1.807) is 12.3 Å². The zero-order valence-corrected chi connectivity index (χ0v) is 18.4. The minimum atomic E-state index is -0.864. The van der Waals surface area contributed by atoms with Crippen molar-refractivity contribution >= 4 is 31.0 Å². The highest BCUT2D eigenvalue weighted by Gasteiger charge is 2.19. The van der Waals surface area contributed by atoms with E-state index < -0.39 is 8.07 Å². The van der Waals surface area contributed by atoms with Gasteiger partial charge in [0.2, 0.25) is 5.88 Å². The van der Waals surface area contributed by atoms with Crippen LogP contribution in [0.25, 0.3) is 11.2 Å². The molecule has 12 heteroatoms. The minimum Gasteiger partial charge on any atom is -0.476 e. The molecule has 30 heavy (non-hydrogen) atoms. The normalized spacial score (nSPS) is 12.5. The first-order valence-corrected chi connectivity index (χ1v) is 11.4. The van der Waals surface area contributed by atoms with E-state index in [1.807, 2.05) is 38.7 Å². The van der Waals surface area contributed by atoms with Crippen LogP contribution in [0.15, 0.2) is 23.1 Å². The Morgan fingerprint density at radius 1 is 1.33 bits per heavy atom. The molecular formula is C18H27N8O3P. The van der Waals surface area contributed by atoms with Crippen molar-refractivity contribution in [1.29, 1.82) is 0 Å². The monoisotopic (exact) mass is 434 g/mol. The van der Waals surface area contributed by atoms with Crippen LogP contribution in [0.2, 0.25) is 0 Å². The third kappa shape index (κ3) is 4.86. The average molecular weight is 434 g/mol. The first kappa shape index (κ1) is 21.9. The van der Waals surface area contributed by atoms with Crippen LogP contribution in [0.3, 0.4) is 0 Å². The van der Waals surface area contributed by atoms with Crippen LogP contribution in [0, 0.1) is 0 Å². The molecule has 3 aromatic rings. The Morgan fingerprint density at radius 3 is 2.73 bits per heavy atom. The van der Waals surface area contributed by atoms with Gasteiger partial charge in [0.05, 0.1) is 6.54 Å². The van der Waals surface area contributed by atoms with Gasteiger partial charge in [-0.2, -0.15) is 9.97 Å². The largest absolute Gasteiger partial charge is 0.476 e. The van der Waals surface area contributed by atoms with E-state index in [1.165, 1.54) is 4.57 Å². The summed E-state index contributed by atoms with van der Waals surface area (Å²) in [5.74, 6) is 0.700. The summed E-state index contributed by atoms with van der Waals surface area (Å²) in [4.78, 5) is 31.0. The van der Waals surface area contributed by atoms with Gasteiger partial charge in [-0.1, -0.05) is 13.0 Å². The standard InChI is InChI=1S/C18H27N8O3P/c1-5-30(4)26(28)17-22-15(19)14-16(23-17)25(18(27)21-14)11-12-6-7-13(20-10-12)29-9-8-24(2)3/h6-7,10,28H,5,8-9,11H2,1-4H3,(H,21,27)(H2,19,22,23). The molecule has 3 aromatic heterocycles. The SMILES string of the molecule is CCP(C)N(O)c1nc(N)c2[nH]c(=O)n(Cc3ccc(OCCN(C)C)nc3)c2n1. The lowest BCUT2D eigenvalue weighted by atomic mass is 10.3. The molecule has 11 nitrogen and oxygen atoms in total. The molecule has 1 unspecified atom stereocenters. The fourth-order valence-corrected chi connectivity index (χ4v) is 3.33. The summed E-state index contributed by atoms with van der Waals surface area (Å²) in [5.41, 5.74) is 7.09. The number of H-pyrrole nitrogens is 1. The maximum Gasteiger partial charge on any atom is 0.328 e. The number of hydrogen-bond donors (Lipinski definition) is 3. The molecule has 0 fully saturated rings. The fourth-order valence-electron chi connectivity index (χ4n) is 2.67. The third-order valence-electron chi connectivity index (χ3n) is 4.53. The lowest BCUT2D eigenvalue weighted by Gasteiger charge is -2.21. The summed E-state index contributed by atoms with van der Waals surface area (Å²) in [6, 6.07) is 3.61. The number of likely N-dealkylation sites (N-methyl/N-ethyl adjacent to an activating group) is 1. The quantitative estimate of drug-likeness (QED) is 0.336.